The molecule has 1 aliphatic heterocycles. The van der Waals surface area contributed by atoms with Gasteiger partial charge in [-0.1, -0.05) is 29.8 Å². The maximum Gasteiger partial charge on any atom is 0.573 e. The fourth-order valence-electron chi connectivity index (χ4n) is 3.26. The quantitative estimate of drug-likeness (QED) is 0.672. The van der Waals surface area contributed by atoms with Crippen molar-refractivity contribution in [2.24, 2.45) is 0 Å². The molecule has 0 spiro atoms. The van der Waals surface area contributed by atoms with Gasteiger partial charge in [0.05, 0.1) is 11.4 Å². The minimum Gasteiger partial charge on any atom is -0.406 e. The van der Waals surface area contributed by atoms with E-state index < -0.39 is 22.1 Å². The van der Waals surface area contributed by atoms with Crippen molar-refractivity contribution in [1.29, 1.82) is 0 Å². The normalized spacial score (nSPS) is 16.0. The summed E-state index contributed by atoms with van der Waals surface area (Å²) in [4.78, 5) is 13.9. The Morgan fingerprint density at radius 1 is 1.00 bits per heavy atom. The molecular formula is C21H24F3N3O4S. The monoisotopic (exact) mass is 471 g/mol. The molecule has 0 radical (unpaired) electrons. The van der Waals surface area contributed by atoms with Crippen molar-refractivity contribution < 1.29 is 31.1 Å². The summed E-state index contributed by atoms with van der Waals surface area (Å²) in [5.74, 6) is -0.639. The Hall–Kier alpha value is -2.63. The Kier molecular flexibility index (Phi) is 7.42. The van der Waals surface area contributed by atoms with Gasteiger partial charge in [-0.3, -0.25) is 9.69 Å². The second kappa shape index (κ2) is 9.88. The lowest BCUT2D eigenvalue weighted by atomic mass is 10.1. The number of piperazine rings is 1. The average Bonchev–Trinajstić information content (AvgIpc) is 2.73. The zero-order valence-corrected chi connectivity index (χ0v) is 18.2. The second-order valence-corrected chi connectivity index (χ2v) is 9.40. The number of hydrogen-bond acceptors (Lipinski definition) is 5. The molecule has 0 saturated carbocycles. The van der Waals surface area contributed by atoms with Crippen LogP contribution in [0, 0.1) is 6.92 Å². The highest BCUT2D eigenvalue weighted by molar-refractivity contribution is 7.89. The van der Waals surface area contributed by atoms with Gasteiger partial charge in [-0.15, -0.1) is 13.2 Å². The average molecular weight is 472 g/mol. The van der Waals surface area contributed by atoms with Gasteiger partial charge < -0.3 is 10.1 Å². The van der Waals surface area contributed by atoms with Gasteiger partial charge in [-0.25, -0.2) is 8.42 Å². The minimum absolute atomic E-state index is 0.115. The van der Waals surface area contributed by atoms with Crippen molar-refractivity contribution >= 4 is 15.9 Å². The summed E-state index contributed by atoms with van der Waals surface area (Å²) in [7, 11) is -3.85. The molecule has 0 unspecified atom stereocenters. The number of ether oxygens (including phenoxy) is 1. The molecule has 1 heterocycles. The topological polar surface area (TPSA) is 79.0 Å². The molecule has 1 N–H and O–H groups in total. The number of sulfonamides is 1. The molecule has 11 heteroatoms. The minimum atomic E-state index is -4.84. The molecular weight excluding hydrogens is 447 g/mol. The number of alkyl halides is 3. The Morgan fingerprint density at radius 3 is 2.16 bits per heavy atom. The third kappa shape index (κ3) is 6.68. The molecule has 0 atom stereocenters. The van der Waals surface area contributed by atoms with Gasteiger partial charge in [0.25, 0.3) is 0 Å². The van der Waals surface area contributed by atoms with Crippen molar-refractivity contribution in [1.82, 2.24) is 14.5 Å². The summed E-state index contributed by atoms with van der Waals surface area (Å²) in [5.41, 5.74) is 2.13. The summed E-state index contributed by atoms with van der Waals surface area (Å²) >= 11 is 0. The van der Waals surface area contributed by atoms with E-state index in [9.17, 15) is 26.4 Å². The van der Waals surface area contributed by atoms with Crippen LogP contribution in [0.2, 0.25) is 0 Å². The number of benzene rings is 2. The van der Waals surface area contributed by atoms with E-state index in [-0.39, 0.29) is 30.4 Å². The molecule has 0 aliphatic carbocycles. The van der Waals surface area contributed by atoms with Gasteiger partial charge in [0.2, 0.25) is 15.9 Å². The number of nitrogens with zero attached hydrogens (tertiary/aromatic N) is 2. The zero-order valence-electron chi connectivity index (χ0n) is 17.4. The number of carbonyl (C=O) groups excluding carboxylic acids is 1. The maximum atomic E-state index is 12.8. The van der Waals surface area contributed by atoms with Crippen LogP contribution in [-0.4, -0.2) is 62.6 Å². The summed E-state index contributed by atoms with van der Waals surface area (Å²) in [6.45, 7) is 3.64. The first-order chi connectivity index (χ1) is 15.0. The van der Waals surface area contributed by atoms with Gasteiger partial charge >= 0.3 is 6.36 Å². The van der Waals surface area contributed by atoms with Gasteiger partial charge in [0, 0.05) is 32.7 Å². The highest BCUT2D eigenvalue weighted by Gasteiger charge is 2.32. The number of carbonyl (C=O) groups is 1. The first-order valence-corrected chi connectivity index (χ1v) is 11.4. The molecule has 2 aromatic rings. The van der Waals surface area contributed by atoms with Crippen LogP contribution in [-0.2, 0) is 21.4 Å². The van der Waals surface area contributed by atoms with Crippen LogP contribution in [0.3, 0.4) is 0 Å². The summed E-state index contributed by atoms with van der Waals surface area (Å²) < 4.78 is 67.3. The number of nitrogens with one attached hydrogen (secondary N) is 1. The van der Waals surface area contributed by atoms with E-state index in [0.29, 0.717) is 19.6 Å². The van der Waals surface area contributed by atoms with E-state index in [2.05, 4.69) is 10.1 Å². The molecule has 1 fully saturated rings. The molecule has 3 rings (SSSR count). The van der Waals surface area contributed by atoms with Crippen molar-refractivity contribution in [3.63, 3.8) is 0 Å². The van der Waals surface area contributed by atoms with Crippen LogP contribution in [0.15, 0.2) is 53.4 Å². The van der Waals surface area contributed by atoms with E-state index in [0.717, 1.165) is 35.4 Å². The molecule has 7 nitrogen and oxygen atoms in total. The van der Waals surface area contributed by atoms with Crippen LogP contribution in [0.1, 0.15) is 11.1 Å². The predicted molar refractivity (Wildman–Crippen MR) is 111 cm³/mol. The maximum absolute atomic E-state index is 12.8. The fourth-order valence-corrected chi connectivity index (χ4v) is 4.68. The molecule has 1 aliphatic rings. The summed E-state index contributed by atoms with van der Waals surface area (Å²) in [6.07, 6.45) is -4.84. The van der Waals surface area contributed by atoms with Crippen molar-refractivity contribution in [3.8, 4) is 5.75 Å². The van der Waals surface area contributed by atoms with E-state index in [1.165, 1.54) is 4.31 Å². The Bertz CT molecular complexity index is 1020. The van der Waals surface area contributed by atoms with Gasteiger partial charge in [-0.2, -0.15) is 4.31 Å². The lowest BCUT2D eigenvalue weighted by molar-refractivity contribution is -0.274. The van der Waals surface area contributed by atoms with E-state index in [4.69, 9.17) is 0 Å². The van der Waals surface area contributed by atoms with Crippen LogP contribution >= 0.6 is 0 Å². The van der Waals surface area contributed by atoms with Gasteiger partial charge in [0.1, 0.15) is 5.75 Å². The fraction of sp³-hybridized carbons (Fsp3) is 0.381. The first-order valence-electron chi connectivity index (χ1n) is 9.93. The van der Waals surface area contributed by atoms with Crippen molar-refractivity contribution in [3.05, 3.63) is 59.7 Å². The van der Waals surface area contributed by atoms with Crippen LogP contribution in [0.5, 0.6) is 5.75 Å². The highest BCUT2D eigenvalue weighted by Crippen LogP contribution is 2.25. The summed E-state index contributed by atoms with van der Waals surface area (Å²) in [5, 5.41) is 2.85. The van der Waals surface area contributed by atoms with Gasteiger partial charge in [0.15, 0.2) is 0 Å². The largest absolute Gasteiger partial charge is 0.573 e. The Morgan fingerprint density at radius 2 is 1.59 bits per heavy atom. The second-order valence-electron chi connectivity index (χ2n) is 7.46. The molecule has 2 aromatic carbocycles. The van der Waals surface area contributed by atoms with Gasteiger partial charge in [-0.05, 0) is 36.8 Å². The third-order valence-electron chi connectivity index (χ3n) is 5.00. The van der Waals surface area contributed by atoms with Crippen LogP contribution in [0.4, 0.5) is 13.2 Å². The number of rotatable bonds is 7. The first kappa shape index (κ1) is 24.0. The molecule has 32 heavy (non-hydrogen) atoms. The SMILES string of the molecule is Cc1ccc(CNC(=O)CN2CCN(S(=O)(=O)c3ccc(OC(F)(F)F)cc3)CC2)cc1. The zero-order chi connectivity index (χ0) is 23.4. The van der Waals surface area contributed by atoms with E-state index in [1.807, 2.05) is 36.1 Å². The van der Waals surface area contributed by atoms with Crippen molar-refractivity contribution in [2.45, 2.75) is 24.7 Å². The number of halogens is 3. The van der Waals surface area contributed by atoms with Crippen LogP contribution in [0.25, 0.3) is 0 Å². The summed E-state index contributed by atoms with van der Waals surface area (Å²) in [6, 6.07) is 11.9. The molecule has 174 valence electrons. The van der Waals surface area contributed by atoms with Crippen LogP contribution < -0.4 is 10.1 Å². The smallest absolute Gasteiger partial charge is 0.406 e. The number of hydrogen-bond donors (Lipinski definition) is 1. The lowest BCUT2D eigenvalue weighted by Gasteiger charge is -2.33. The molecule has 0 bridgehead atoms. The standard InChI is InChI=1S/C21H24F3N3O4S/c1-16-2-4-17(5-3-16)14-25-20(28)15-26-10-12-27(13-11-26)32(29,30)19-8-6-18(7-9-19)31-21(22,23)24/h2-9H,10-15H2,1H3,(H,25,28). The van der Waals surface area contributed by atoms with E-state index in [1.54, 1.807) is 0 Å². The highest BCUT2D eigenvalue weighted by atomic mass is 32.2. The molecule has 1 saturated heterocycles. The Labute approximate surface area is 184 Å². The number of amides is 1. The Balaban J connectivity index is 1.48. The van der Waals surface area contributed by atoms with Crippen molar-refractivity contribution in [2.75, 3.05) is 32.7 Å². The lowest BCUT2D eigenvalue weighted by Crippen LogP contribution is -2.50. The molecule has 0 aromatic heterocycles. The predicted octanol–water partition coefficient (Wildman–Crippen LogP) is 2.52. The molecule has 1 amide bonds. The third-order valence-corrected chi connectivity index (χ3v) is 6.92. The van der Waals surface area contributed by atoms with E-state index >= 15 is 0 Å². The number of aryl methyl sites for hydroxylation is 1.